The van der Waals surface area contributed by atoms with Crippen LogP contribution in [0.25, 0.3) is 28.1 Å². The summed E-state index contributed by atoms with van der Waals surface area (Å²) in [5.74, 6) is 1.09. The van der Waals surface area contributed by atoms with Crippen LogP contribution in [-0.2, 0) is 6.54 Å². The van der Waals surface area contributed by atoms with Crippen LogP contribution in [0.3, 0.4) is 0 Å². The molecule has 29 heavy (non-hydrogen) atoms. The Bertz CT molecular complexity index is 1100. The first-order valence-electron chi connectivity index (χ1n) is 9.43. The van der Waals surface area contributed by atoms with Gasteiger partial charge in [-0.2, -0.15) is 4.40 Å². The van der Waals surface area contributed by atoms with E-state index in [4.69, 9.17) is 23.2 Å². The number of nitrogens with one attached hydrogen (secondary N) is 2. The molecular weight excluding hydrogens is 450 g/mol. The Hall–Kier alpha value is -1.43. The van der Waals surface area contributed by atoms with Gasteiger partial charge in [-0.1, -0.05) is 35.3 Å². The molecule has 0 fully saturated rings. The van der Waals surface area contributed by atoms with Crippen molar-refractivity contribution < 1.29 is 34.3 Å². The number of quaternary nitrogens is 1. The van der Waals surface area contributed by atoms with Crippen molar-refractivity contribution >= 4 is 40.0 Å². The largest absolute Gasteiger partial charge is 1.00 e. The first-order valence-corrected chi connectivity index (χ1v) is 10.2. The van der Waals surface area contributed by atoms with Crippen molar-refractivity contribution in [1.82, 2.24) is 9.38 Å². The van der Waals surface area contributed by atoms with Crippen molar-refractivity contribution in [3.8, 4) is 11.3 Å². The minimum Gasteiger partial charge on any atom is -1.00 e. The lowest BCUT2D eigenvalue weighted by Crippen LogP contribution is -3.12. The van der Waals surface area contributed by atoms with E-state index in [1.54, 1.807) is 4.90 Å². The first-order chi connectivity index (χ1) is 13.1. The van der Waals surface area contributed by atoms with Gasteiger partial charge in [-0.05, 0) is 44.2 Å². The van der Waals surface area contributed by atoms with Crippen LogP contribution in [0, 0.1) is 0 Å². The SMILES string of the molecule is CC[NH+](CC)CC[n+]1c2ccccc2n2cc(-c3ccc(Cl)c(Cl)c3)[nH]c21.[Cl-].[Cl-]. The molecule has 0 aliphatic carbocycles. The molecule has 2 N–H and O–H groups in total. The molecule has 0 unspecified atom stereocenters. The number of halogens is 4. The summed E-state index contributed by atoms with van der Waals surface area (Å²) in [5.41, 5.74) is 4.50. The molecule has 4 aromatic rings. The van der Waals surface area contributed by atoms with E-state index in [1.807, 2.05) is 18.2 Å². The highest BCUT2D eigenvalue weighted by molar-refractivity contribution is 6.42. The van der Waals surface area contributed by atoms with Gasteiger partial charge < -0.3 is 29.7 Å². The Morgan fingerprint density at radius 2 is 1.72 bits per heavy atom. The Kier molecular flexibility index (Phi) is 8.27. The van der Waals surface area contributed by atoms with Gasteiger partial charge in [0.25, 0.3) is 0 Å². The molecular formula is C21H24Cl4N4. The number of H-pyrrole nitrogens is 1. The molecule has 2 heterocycles. The maximum atomic E-state index is 6.22. The van der Waals surface area contributed by atoms with Gasteiger partial charge in [-0.3, -0.25) is 0 Å². The van der Waals surface area contributed by atoms with Crippen LogP contribution >= 0.6 is 23.2 Å². The zero-order valence-electron chi connectivity index (χ0n) is 16.4. The number of para-hydroxylation sites is 2. The summed E-state index contributed by atoms with van der Waals surface area (Å²) in [6, 6.07) is 14.3. The van der Waals surface area contributed by atoms with E-state index in [1.165, 1.54) is 11.0 Å². The number of imidazole rings is 2. The highest BCUT2D eigenvalue weighted by Crippen LogP contribution is 2.28. The molecule has 0 bridgehead atoms. The standard InChI is InChI=1S/C21H22Cl2N4.2ClH/c1-3-25(4-2)11-12-26-19-7-5-6-8-20(19)27-14-18(24-21(26)27)15-9-10-16(22)17(23)13-15;;/h5-10,13-14H,3-4,11-12H2,1-2H3;2*1H. The third-order valence-electron chi connectivity index (χ3n) is 5.34. The molecule has 4 rings (SSSR count). The van der Waals surface area contributed by atoms with Crippen molar-refractivity contribution in [2.24, 2.45) is 0 Å². The third-order valence-corrected chi connectivity index (χ3v) is 6.08. The molecule has 0 radical (unpaired) electrons. The summed E-state index contributed by atoms with van der Waals surface area (Å²) in [6.45, 7) is 8.84. The van der Waals surface area contributed by atoms with Gasteiger partial charge in [0.1, 0.15) is 36.0 Å². The number of nitrogens with zero attached hydrogens (tertiary/aromatic N) is 2. The van der Waals surface area contributed by atoms with Gasteiger partial charge in [-0.15, -0.1) is 0 Å². The Morgan fingerprint density at radius 1 is 1.00 bits per heavy atom. The highest BCUT2D eigenvalue weighted by Gasteiger charge is 2.22. The lowest BCUT2D eigenvalue weighted by atomic mass is 10.2. The summed E-state index contributed by atoms with van der Waals surface area (Å²) in [6.07, 6.45) is 2.14. The number of benzene rings is 2. The summed E-state index contributed by atoms with van der Waals surface area (Å²) in [7, 11) is 0. The normalized spacial score (nSPS) is 11.1. The minimum atomic E-state index is 0. The monoisotopic (exact) mass is 472 g/mol. The topological polar surface area (TPSA) is 28.5 Å². The first kappa shape index (κ1) is 23.8. The van der Waals surface area contributed by atoms with E-state index in [0.717, 1.165) is 43.2 Å². The Balaban J connectivity index is 0.00000150. The molecule has 156 valence electrons. The van der Waals surface area contributed by atoms with Crippen LogP contribution in [0.5, 0.6) is 0 Å². The maximum Gasteiger partial charge on any atom is 0.368 e. The van der Waals surface area contributed by atoms with E-state index in [-0.39, 0.29) is 24.8 Å². The van der Waals surface area contributed by atoms with Crippen molar-refractivity contribution in [2.75, 3.05) is 19.6 Å². The number of rotatable bonds is 6. The van der Waals surface area contributed by atoms with Gasteiger partial charge >= 0.3 is 5.78 Å². The smallest absolute Gasteiger partial charge is 0.368 e. The highest BCUT2D eigenvalue weighted by atomic mass is 35.5. The summed E-state index contributed by atoms with van der Waals surface area (Å²) < 4.78 is 4.60. The summed E-state index contributed by atoms with van der Waals surface area (Å²) >= 11 is 12.3. The van der Waals surface area contributed by atoms with Gasteiger partial charge in [0, 0.05) is 5.56 Å². The van der Waals surface area contributed by atoms with E-state index in [0.29, 0.717) is 10.0 Å². The van der Waals surface area contributed by atoms with Crippen molar-refractivity contribution in [3.63, 3.8) is 0 Å². The zero-order chi connectivity index (χ0) is 19.0. The van der Waals surface area contributed by atoms with E-state index in [2.05, 4.69) is 58.3 Å². The van der Waals surface area contributed by atoms with Crippen LogP contribution in [0.1, 0.15) is 13.8 Å². The lowest BCUT2D eigenvalue weighted by molar-refractivity contribution is -0.912. The molecule has 0 saturated carbocycles. The molecule has 0 atom stereocenters. The van der Waals surface area contributed by atoms with Crippen LogP contribution < -0.4 is 34.3 Å². The second-order valence-corrected chi connectivity index (χ2v) is 7.65. The van der Waals surface area contributed by atoms with Crippen LogP contribution in [0.2, 0.25) is 10.0 Å². The summed E-state index contributed by atoms with van der Waals surface area (Å²) in [4.78, 5) is 5.19. The van der Waals surface area contributed by atoms with Crippen LogP contribution in [0.15, 0.2) is 48.7 Å². The van der Waals surface area contributed by atoms with Crippen LogP contribution in [0.4, 0.5) is 0 Å². The molecule has 2 aromatic heterocycles. The van der Waals surface area contributed by atoms with Crippen LogP contribution in [-0.4, -0.2) is 29.0 Å². The second-order valence-electron chi connectivity index (χ2n) is 6.84. The average Bonchev–Trinajstić information content (AvgIpc) is 3.23. The molecule has 0 saturated heterocycles. The Labute approximate surface area is 193 Å². The number of hydrogen-bond acceptors (Lipinski definition) is 0. The van der Waals surface area contributed by atoms with Gasteiger partial charge in [0.05, 0.1) is 23.1 Å². The number of likely N-dealkylation sites (N-methyl/N-ethyl adjacent to an activating group) is 1. The van der Waals surface area contributed by atoms with E-state index >= 15 is 0 Å². The number of aromatic amines is 1. The van der Waals surface area contributed by atoms with Crippen molar-refractivity contribution in [1.29, 1.82) is 0 Å². The molecule has 2 aromatic carbocycles. The summed E-state index contributed by atoms with van der Waals surface area (Å²) in [5, 5.41) is 1.14. The molecule has 4 nitrogen and oxygen atoms in total. The molecule has 8 heteroatoms. The van der Waals surface area contributed by atoms with Crippen molar-refractivity contribution in [3.05, 3.63) is 58.7 Å². The Morgan fingerprint density at radius 3 is 2.41 bits per heavy atom. The number of fused-ring (bicyclic) bond motifs is 3. The quantitative estimate of drug-likeness (QED) is 0.293. The lowest BCUT2D eigenvalue weighted by Gasteiger charge is -2.14. The van der Waals surface area contributed by atoms with Crippen molar-refractivity contribution in [2.45, 2.75) is 20.4 Å². The fourth-order valence-electron chi connectivity index (χ4n) is 3.70. The van der Waals surface area contributed by atoms with Gasteiger partial charge in [-0.25, -0.2) is 9.55 Å². The van der Waals surface area contributed by atoms with Gasteiger partial charge in [0.2, 0.25) is 0 Å². The molecule has 0 amide bonds. The third kappa shape index (κ3) is 4.52. The average molecular weight is 474 g/mol. The predicted molar refractivity (Wildman–Crippen MR) is 112 cm³/mol. The maximum absolute atomic E-state index is 6.22. The van der Waals surface area contributed by atoms with E-state index in [9.17, 15) is 0 Å². The fourth-order valence-corrected chi connectivity index (χ4v) is 4.00. The zero-order valence-corrected chi connectivity index (χ0v) is 19.4. The van der Waals surface area contributed by atoms with E-state index < -0.39 is 0 Å². The molecule has 0 spiro atoms. The number of aromatic nitrogens is 3. The molecule has 0 aliphatic rings. The fraction of sp³-hybridized carbons (Fsp3) is 0.286. The minimum absolute atomic E-state index is 0. The second kappa shape index (κ2) is 10.1. The molecule has 0 aliphatic heterocycles. The predicted octanol–water partition coefficient (Wildman–Crippen LogP) is -2.39. The van der Waals surface area contributed by atoms with Gasteiger partial charge in [0.15, 0.2) is 0 Å². The number of hydrogen-bond donors (Lipinski definition) is 2.